The minimum absolute atomic E-state index is 0.0545. The summed E-state index contributed by atoms with van der Waals surface area (Å²) in [5, 5.41) is 8.67. The van der Waals surface area contributed by atoms with Crippen molar-refractivity contribution in [2.24, 2.45) is 11.8 Å². The number of amides is 3. The Morgan fingerprint density at radius 2 is 1.50 bits per heavy atom. The van der Waals surface area contributed by atoms with Crippen LogP contribution < -0.4 is 16.0 Å². The van der Waals surface area contributed by atoms with Gasteiger partial charge < -0.3 is 20.7 Å². The molecule has 1 aliphatic heterocycles. The number of nitrogens with one attached hydrogen (secondary N) is 3. The zero-order valence-electron chi connectivity index (χ0n) is 22.3. The first-order valence-corrected chi connectivity index (χ1v) is 13.0. The standard InChI is InChI=1S/C26H47N3O5/c1-8-10-12-14-21(30)29-22(17(3)4)25(33)28-20(13-11-9-2)24(32)27-19(6)15-18(5)23(31)26(7)16-34-26/h17-20,22H,8-16H2,1-7H3,(H,27,32)(H,28,33)(H,29,30)/t18-,19?,20-,22-,26+/m0/s1. The Morgan fingerprint density at radius 3 is 2.03 bits per heavy atom. The summed E-state index contributed by atoms with van der Waals surface area (Å²) in [5.74, 6) is -1.04. The Morgan fingerprint density at radius 1 is 0.882 bits per heavy atom. The molecule has 0 radical (unpaired) electrons. The summed E-state index contributed by atoms with van der Waals surface area (Å²) in [7, 11) is 0. The normalized spacial score (nSPS) is 20.7. The van der Waals surface area contributed by atoms with Crippen LogP contribution in [0.1, 0.15) is 99.8 Å². The maximum atomic E-state index is 13.0. The molecule has 196 valence electrons. The van der Waals surface area contributed by atoms with Gasteiger partial charge in [-0.3, -0.25) is 19.2 Å². The van der Waals surface area contributed by atoms with Gasteiger partial charge in [0, 0.05) is 18.4 Å². The highest BCUT2D eigenvalue weighted by Crippen LogP contribution is 2.31. The predicted octanol–water partition coefficient (Wildman–Crippen LogP) is 3.27. The van der Waals surface area contributed by atoms with E-state index in [-0.39, 0.29) is 41.4 Å². The first kappa shape index (κ1) is 30.1. The average molecular weight is 482 g/mol. The van der Waals surface area contributed by atoms with Crippen LogP contribution in [-0.4, -0.2) is 53.8 Å². The minimum Gasteiger partial charge on any atom is -0.362 e. The Hall–Kier alpha value is -1.96. The summed E-state index contributed by atoms with van der Waals surface area (Å²) in [6.07, 6.45) is 5.86. The number of hydrogen-bond donors (Lipinski definition) is 3. The number of carbonyl (C=O) groups is 4. The van der Waals surface area contributed by atoms with E-state index in [4.69, 9.17) is 4.74 Å². The quantitative estimate of drug-likeness (QED) is 0.218. The van der Waals surface area contributed by atoms with E-state index in [0.29, 0.717) is 25.9 Å². The van der Waals surface area contributed by atoms with E-state index >= 15 is 0 Å². The Kier molecular flexibility index (Phi) is 12.8. The van der Waals surface area contributed by atoms with Crippen molar-refractivity contribution in [3.05, 3.63) is 0 Å². The second kappa shape index (κ2) is 14.4. The third-order valence-electron chi connectivity index (χ3n) is 6.39. The topological polar surface area (TPSA) is 117 Å². The molecule has 1 fully saturated rings. The molecule has 1 saturated heterocycles. The van der Waals surface area contributed by atoms with Crippen LogP contribution in [0.5, 0.6) is 0 Å². The highest BCUT2D eigenvalue weighted by Gasteiger charge is 2.48. The molecule has 1 heterocycles. The van der Waals surface area contributed by atoms with Gasteiger partial charge >= 0.3 is 0 Å². The van der Waals surface area contributed by atoms with Gasteiger partial charge in [-0.15, -0.1) is 0 Å². The fraction of sp³-hybridized carbons (Fsp3) is 0.846. The van der Waals surface area contributed by atoms with Crippen molar-refractivity contribution in [3.8, 4) is 0 Å². The fourth-order valence-corrected chi connectivity index (χ4v) is 4.07. The molecule has 1 unspecified atom stereocenters. The molecular weight excluding hydrogens is 434 g/mol. The SMILES string of the molecule is CCCCCC(=O)N[C@H](C(=O)N[C@@H](CCCC)C(=O)NC(C)C[C@H](C)C(=O)[C@@]1(C)CO1)C(C)C. The largest absolute Gasteiger partial charge is 0.362 e. The predicted molar refractivity (Wildman–Crippen MR) is 133 cm³/mol. The zero-order valence-corrected chi connectivity index (χ0v) is 22.3. The van der Waals surface area contributed by atoms with E-state index in [9.17, 15) is 19.2 Å². The van der Waals surface area contributed by atoms with Crippen LogP contribution >= 0.6 is 0 Å². The number of ketones is 1. The second-order valence-electron chi connectivity index (χ2n) is 10.4. The van der Waals surface area contributed by atoms with Gasteiger partial charge in [-0.1, -0.05) is 60.3 Å². The van der Waals surface area contributed by atoms with Crippen LogP contribution in [0.2, 0.25) is 0 Å². The Balaban J connectivity index is 2.71. The maximum Gasteiger partial charge on any atom is 0.243 e. The fourth-order valence-electron chi connectivity index (χ4n) is 4.07. The minimum atomic E-state index is -0.694. The van der Waals surface area contributed by atoms with E-state index in [2.05, 4.69) is 22.9 Å². The number of hydrogen-bond acceptors (Lipinski definition) is 5. The first-order chi connectivity index (χ1) is 15.9. The second-order valence-corrected chi connectivity index (χ2v) is 10.4. The molecule has 3 amide bonds. The molecule has 1 rings (SSSR count). The highest BCUT2D eigenvalue weighted by molar-refractivity contribution is 5.93. The third-order valence-corrected chi connectivity index (χ3v) is 6.39. The molecule has 8 nitrogen and oxygen atoms in total. The van der Waals surface area contributed by atoms with Crippen LogP contribution in [-0.2, 0) is 23.9 Å². The lowest BCUT2D eigenvalue weighted by atomic mass is 9.91. The van der Waals surface area contributed by atoms with Crippen LogP contribution in [0.3, 0.4) is 0 Å². The van der Waals surface area contributed by atoms with Gasteiger partial charge in [0.1, 0.15) is 17.7 Å². The number of Topliss-reactive ketones (excluding diaryl/α,β-unsaturated/α-hetero) is 1. The van der Waals surface area contributed by atoms with Crippen molar-refractivity contribution in [1.82, 2.24) is 16.0 Å². The molecule has 0 spiro atoms. The smallest absolute Gasteiger partial charge is 0.243 e. The van der Waals surface area contributed by atoms with Crippen LogP contribution in [0.25, 0.3) is 0 Å². The number of carbonyl (C=O) groups excluding carboxylic acids is 4. The molecule has 5 atom stereocenters. The average Bonchev–Trinajstić information content (AvgIpc) is 3.52. The van der Waals surface area contributed by atoms with Gasteiger partial charge in [0.15, 0.2) is 5.78 Å². The summed E-state index contributed by atoms with van der Waals surface area (Å²) in [5.41, 5.74) is -0.673. The van der Waals surface area contributed by atoms with E-state index < -0.39 is 17.7 Å². The Bertz CT molecular complexity index is 690. The van der Waals surface area contributed by atoms with Crippen molar-refractivity contribution >= 4 is 23.5 Å². The van der Waals surface area contributed by atoms with Crippen molar-refractivity contribution < 1.29 is 23.9 Å². The van der Waals surface area contributed by atoms with E-state index in [0.717, 1.165) is 32.1 Å². The van der Waals surface area contributed by atoms with Crippen LogP contribution in [0.15, 0.2) is 0 Å². The van der Waals surface area contributed by atoms with E-state index in [1.807, 2.05) is 34.6 Å². The van der Waals surface area contributed by atoms with Crippen molar-refractivity contribution in [1.29, 1.82) is 0 Å². The molecule has 8 heteroatoms. The van der Waals surface area contributed by atoms with Crippen LogP contribution in [0.4, 0.5) is 0 Å². The third kappa shape index (κ3) is 10.1. The lowest BCUT2D eigenvalue weighted by molar-refractivity contribution is -0.133. The summed E-state index contributed by atoms with van der Waals surface area (Å²) in [4.78, 5) is 50.8. The summed E-state index contributed by atoms with van der Waals surface area (Å²) in [6.45, 7) is 13.8. The number of ether oxygens (including phenoxy) is 1. The highest BCUT2D eigenvalue weighted by atomic mass is 16.6. The maximum absolute atomic E-state index is 13.0. The zero-order chi connectivity index (χ0) is 25.9. The molecule has 0 saturated carbocycles. The molecule has 0 aromatic heterocycles. The summed E-state index contributed by atoms with van der Waals surface area (Å²) < 4.78 is 5.25. The van der Waals surface area contributed by atoms with Gasteiger partial charge in [0.2, 0.25) is 17.7 Å². The Labute approximate surface area is 205 Å². The number of unbranched alkanes of at least 4 members (excludes halogenated alkanes) is 3. The molecule has 0 aliphatic carbocycles. The molecule has 0 aromatic rings. The summed E-state index contributed by atoms with van der Waals surface area (Å²) in [6, 6.07) is -1.61. The molecule has 0 bridgehead atoms. The van der Waals surface area contributed by atoms with Crippen molar-refractivity contribution in [3.63, 3.8) is 0 Å². The van der Waals surface area contributed by atoms with E-state index in [1.54, 1.807) is 6.92 Å². The van der Waals surface area contributed by atoms with Crippen molar-refractivity contribution in [2.45, 2.75) is 124 Å². The van der Waals surface area contributed by atoms with Gasteiger partial charge in [-0.05, 0) is 39.0 Å². The molecule has 3 N–H and O–H groups in total. The molecule has 0 aromatic carbocycles. The van der Waals surface area contributed by atoms with Crippen LogP contribution in [0, 0.1) is 11.8 Å². The molecule has 34 heavy (non-hydrogen) atoms. The molecule has 1 aliphatic rings. The monoisotopic (exact) mass is 481 g/mol. The first-order valence-electron chi connectivity index (χ1n) is 13.0. The lowest BCUT2D eigenvalue weighted by Crippen LogP contribution is -2.56. The number of rotatable bonds is 17. The molecular formula is C26H47N3O5. The van der Waals surface area contributed by atoms with Gasteiger partial charge in [0.25, 0.3) is 0 Å². The van der Waals surface area contributed by atoms with Gasteiger partial charge in [-0.25, -0.2) is 0 Å². The number of epoxide rings is 1. The van der Waals surface area contributed by atoms with Gasteiger partial charge in [0.05, 0.1) is 6.61 Å². The lowest BCUT2D eigenvalue weighted by Gasteiger charge is -2.27. The van der Waals surface area contributed by atoms with Crippen molar-refractivity contribution in [2.75, 3.05) is 6.61 Å². The summed E-state index contributed by atoms with van der Waals surface area (Å²) >= 11 is 0. The van der Waals surface area contributed by atoms with Gasteiger partial charge in [-0.2, -0.15) is 0 Å². The van der Waals surface area contributed by atoms with E-state index in [1.165, 1.54) is 0 Å².